The molecule has 0 atom stereocenters. The summed E-state index contributed by atoms with van der Waals surface area (Å²) in [4.78, 5) is 25.9. The summed E-state index contributed by atoms with van der Waals surface area (Å²) in [6.07, 6.45) is 0.990. The Morgan fingerprint density at radius 1 is 1.00 bits per heavy atom. The van der Waals surface area contributed by atoms with Crippen LogP contribution in [0.15, 0.2) is 54.6 Å². The van der Waals surface area contributed by atoms with Crippen molar-refractivity contribution in [3.05, 3.63) is 59.6 Å². The monoisotopic (exact) mass is 388 g/mol. The molecule has 0 radical (unpaired) electrons. The first-order valence-electron chi connectivity index (χ1n) is 8.80. The summed E-state index contributed by atoms with van der Waals surface area (Å²) in [7, 11) is 0. The number of carbonyl (C=O) groups is 2. The second kappa shape index (κ2) is 9.28. The van der Waals surface area contributed by atoms with Gasteiger partial charge in [0.2, 0.25) is 0 Å². The molecule has 1 aliphatic heterocycles. The number of likely N-dealkylation sites (tertiary alicyclic amines) is 1. The second-order valence-electron chi connectivity index (χ2n) is 6.25. The van der Waals surface area contributed by atoms with Gasteiger partial charge < -0.3 is 19.7 Å². The van der Waals surface area contributed by atoms with Crippen molar-refractivity contribution >= 4 is 23.6 Å². The molecule has 0 saturated carbocycles. The van der Waals surface area contributed by atoms with E-state index in [0.717, 1.165) is 0 Å². The van der Waals surface area contributed by atoms with Crippen LogP contribution in [-0.2, 0) is 4.79 Å². The lowest BCUT2D eigenvalue weighted by Crippen LogP contribution is -2.48. The number of piperidine rings is 1. The standard InChI is InChI=1S/C20H21ClN2O4/c21-15-6-8-17(9-7-15)26-14-19(24)22-16-10-12-23(13-11-16)20(25)27-18-4-2-1-3-5-18/h1-9,16H,10-14H2,(H,22,24). The van der Waals surface area contributed by atoms with Crippen molar-refractivity contribution in [2.24, 2.45) is 0 Å². The maximum Gasteiger partial charge on any atom is 0.415 e. The first kappa shape index (κ1) is 19.0. The van der Waals surface area contributed by atoms with E-state index >= 15 is 0 Å². The zero-order valence-electron chi connectivity index (χ0n) is 14.8. The highest BCUT2D eigenvalue weighted by molar-refractivity contribution is 6.30. The zero-order chi connectivity index (χ0) is 19.1. The normalized spacial score (nSPS) is 14.5. The first-order chi connectivity index (χ1) is 13.1. The Hall–Kier alpha value is -2.73. The van der Waals surface area contributed by atoms with Crippen molar-refractivity contribution in [3.63, 3.8) is 0 Å². The average Bonchev–Trinajstić information content (AvgIpc) is 2.69. The van der Waals surface area contributed by atoms with Crippen molar-refractivity contribution in [2.75, 3.05) is 19.7 Å². The number of amides is 2. The third-order valence-corrected chi connectivity index (χ3v) is 4.50. The van der Waals surface area contributed by atoms with Gasteiger partial charge in [0.05, 0.1) is 0 Å². The van der Waals surface area contributed by atoms with Gasteiger partial charge in [0.15, 0.2) is 6.61 Å². The molecule has 6 nitrogen and oxygen atoms in total. The van der Waals surface area contributed by atoms with Gasteiger partial charge in [0.25, 0.3) is 5.91 Å². The summed E-state index contributed by atoms with van der Waals surface area (Å²) in [5.41, 5.74) is 0. The first-order valence-corrected chi connectivity index (χ1v) is 9.17. The molecule has 1 N–H and O–H groups in total. The number of halogens is 1. The SMILES string of the molecule is O=C(COc1ccc(Cl)cc1)NC1CCN(C(=O)Oc2ccccc2)CC1. The summed E-state index contributed by atoms with van der Waals surface area (Å²) in [5, 5.41) is 3.56. The topological polar surface area (TPSA) is 67.9 Å². The number of hydrogen-bond acceptors (Lipinski definition) is 4. The molecule has 7 heteroatoms. The lowest BCUT2D eigenvalue weighted by molar-refractivity contribution is -0.124. The summed E-state index contributed by atoms with van der Waals surface area (Å²) >= 11 is 5.81. The lowest BCUT2D eigenvalue weighted by atomic mass is 10.1. The van der Waals surface area contributed by atoms with Crippen molar-refractivity contribution in [2.45, 2.75) is 18.9 Å². The molecule has 0 unspecified atom stereocenters. The Kier molecular flexibility index (Phi) is 6.54. The minimum absolute atomic E-state index is 0.0205. The molecular weight excluding hydrogens is 368 g/mol. The molecule has 2 aromatic carbocycles. The summed E-state index contributed by atoms with van der Waals surface area (Å²) in [6.45, 7) is 1.02. The predicted molar refractivity (Wildman–Crippen MR) is 102 cm³/mol. The number of nitrogens with zero attached hydrogens (tertiary/aromatic N) is 1. The molecule has 2 amide bonds. The van der Waals surface area contributed by atoms with Crippen LogP contribution >= 0.6 is 11.6 Å². The van der Waals surface area contributed by atoms with Crippen molar-refractivity contribution in [1.29, 1.82) is 0 Å². The van der Waals surface area contributed by atoms with Crippen LogP contribution in [0.5, 0.6) is 11.5 Å². The fraction of sp³-hybridized carbons (Fsp3) is 0.300. The van der Waals surface area contributed by atoms with Gasteiger partial charge in [-0.3, -0.25) is 4.79 Å². The fourth-order valence-electron chi connectivity index (χ4n) is 2.81. The molecule has 0 spiro atoms. The third kappa shape index (κ3) is 5.89. The van der Waals surface area contributed by atoms with E-state index < -0.39 is 0 Å². The second-order valence-corrected chi connectivity index (χ2v) is 6.69. The van der Waals surface area contributed by atoms with Gasteiger partial charge in [-0.15, -0.1) is 0 Å². The molecular formula is C20H21ClN2O4. The molecule has 142 valence electrons. The maximum atomic E-state index is 12.2. The van der Waals surface area contributed by atoms with Crippen LogP contribution in [0.4, 0.5) is 4.79 Å². The zero-order valence-corrected chi connectivity index (χ0v) is 15.5. The largest absolute Gasteiger partial charge is 0.484 e. The molecule has 0 aliphatic carbocycles. The Labute approximate surface area is 163 Å². The smallest absolute Gasteiger partial charge is 0.415 e. The van der Waals surface area contributed by atoms with Gasteiger partial charge in [0, 0.05) is 24.2 Å². The van der Waals surface area contributed by atoms with E-state index in [0.29, 0.717) is 42.5 Å². The van der Waals surface area contributed by atoms with E-state index in [9.17, 15) is 9.59 Å². The molecule has 1 saturated heterocycles. The summed E-state index contributed by atoms with van der Waals surface area (Å²) in [5.74, 6) is 0.931. The number of benzene rings is 2. The van der Waals surface area contributed by atoms with E-state index in [-0.39, 0.29) is 24.6 Å². The molecule has 1 aliphatic rings. The maximum absolute atomic E-state index is 12.2. The number of nitrogens with one attached hydrogen (secondary N) is 1. The van der Waals surface area contributed by atoms with Gasteiger partial charge in [0.1, 0.15) is 11.5 Å². The summed E-state index contributed by atoms with van der Waals surface area (Å²) in [6, 6.07) is 15.8. The summed E-state index contributed by atoms with van der Waals surface area (Å²) < 4.78 is 10.8. The molecule has 1 fully saturated rings. The molecule has 2 aromatic rings. The Morgan fingerprint density at radius 3 is 2.33 bits per heavy atom. The van der Waals surface area contributed by atoms with E-state index in [4.69, 9.17) is 21.1 Å². The Morgan fingerprint density at radius 2 is 1.67 bits per heavy atom. The van der Waals surface area contributed by atoms with Crippen molar-refractivity contribution < 1.29 is 19.1 Å². The van der Waals surface area contributed by atoms with Crippen LogP contribution in [0.25, 0.3) is 0 Å². The average molecular weight is 389 g/mol. The van der Waals surface area contributed by atoms with E-state index in [1.54, 1.807) is 41.3 Å². The Bertz CT molecular complexity index is 759. The third-order valence-electron chi connectivity index (χ3n) is 4.25. The molecule has 0 bridgehead atoms. The lowest BCUT2D eigenvalue weighted by Gasteiger charge is -2.31. The number of hydrogen-bond donors (Lipinski definition) is 1. The van der Waals surface area contributed by atoms with Gasteiger partial charge in [-0.2, -0.15) is 0 Å². The van der Waals surface area contributed by atoms with Crippen LogP contribution in [0.1, 0.15) is 12.8 Å². The van der Waals surface area contributed by atoms with Gasteiger partial charge in [-0.05, 0) is 49.2 Å². The molecule has 27 heavy (non-hydrogen) atoms. The van der Waals surface area contributed by atoms with Crippen molar-refractivity contribution in [1.82, 2.24) is 10.2 Å². The minimum Gasteiger partial charge on any atom is -0.484 e. The van der Waals surface area contributed by atoms with E-state index in [1.807, 2.05) is 18.2 Å². The number of ether oxygens (including phenoxy) is 2. The minimum atomic E-state index is -0.364. The van der Waals surface area contributed by atoms with Crippen LogP contribution in [-0.4, -0.2) is 42.6 Å². The molecule has 3 rings (SSSR count). The van der Waals surface area contributed by atoms with Gasteiger partial charge >= 0.3 is 6.09 Å². The van der Waals surface area contributed by atoms with Crippen LogP contribution < -0.4 is 14.8 Å². The van der Waals surface area contributed by atoms with Crippen molar-refractivity contribution in [3.8, 4) is 11.5 Å². The number of para-hydroxylation sites is 1. The fourth-order valence-corrected chi connectivity index (χ4v) is 2.94. The predicted octanol–water partition coefficient (Wildman–Crippen LogP) is 3.50. The van der Waals surface area contributed by atoms with Crippen LogP contribution in [0.2, 0.25) is 5.02 Å². The van der Waals surface area contributed by atoms with Gasteiger partial charge in [-0.1, -0.05) is 29.8 Å². The highest BCUT2D eigenvalue weighted by Gasteiger charge is 2.25. The quantitative estimate of drug-likeness (QED) is 0.851. The van der Waals surface area contributed by atoms with Crippen LogP contribution in [0.3, 0.4) is 0 Å². The number of rotatable bonds is 5. The molecule has 0 aromatic heterocycles. The van der Waals surface area contributed by atoms with Crippen LogP contribution in [0, 0.1) is 0 Å². The Balaban J connectivity index is 1.38. The van der Waals surface area contributed by atoms with E-state index in [1.165, 1.54) is 0 Å². The van der Waals surface area contributed by atoms with Gasteiger partial charge in [-0.25, -0.2) is 4.79 Å². The molecule has 1 heterocycles. The number of carbonyl (C=O) groups excluding carboxylic acids is 2. The highest BCUT2D eigenvalue weighted by Crippen LogP contribution is 2.16. The van der Waals surface area contributed by atoms with E-state index in [2.05, 4.69) is 5.32 Å². The highest BCUT2D eigenvalue weighted by atomic mass is 35.5.